The highest BCUT2D eigenvalue weighted by Crippen LogP contribution is 2.21. The van der Waals surface area contributed by atoms with Gasteiger partial charge in [-0.25, -0.2) is 0 Å². The summed E-state index contributed by atoms with van der Waals surface area (Å²) in [6, 6.07) is 9.54. The van der Waals surface area contributed by atoms with Crippen molar-refractivity contribution in [3.05, 3.63) is 29.3 Å². The quantitative estimate of drug-likeness (QED) is 0.724. The molecular weight excluding hydrogens is 214 g/mol. The fourth-order valence-corrected chi connectivity index (χ4v) is 1.59. The third-order valence-electron chi connectivity index (χ3n) is 2.54. The second-order valence-corrected chi connectivity index (χ2v) is 3.60. The van der Waals surface area contributed by atoms with Crippen LogP contribution in [0.1, 0.15) is 18.1 Å². The molecule has 0 unspecified atom stereocenters. The van der Waals surface area contributed by atoms with E-state index in [9.17, 15) is 0 Å². The molecule has 4 nitrogen and oxygen atoms in total. The van der Waals surface area contributed by atoms with Gasteiger partial charge in [-0.05, 0) is 24.7 Å². The van der Waals surface area contributed by atoms with Crippen LogP contribution >= 0.6 is 0 Å². The summed E-state index contributed by atoms with van der Waals surface area (Å²) < 4.78 is 5.25. The molecule has 0 N–H and O–H groups in total. The van der Waals surface area contributed by atoms with Gasteiger partial charge in [-0.1, -0.05) is 6.92 Å². The van der Waals surface area contributed by atoms with E-state index < -0.39 is 0 Å². The number of rotatable bonds is 5. The molecule has 1 aromatic rings. The number of methoxy groups -OCH3 is 1. The molecule has 0 aliphatic carbocycles. The van der Waals surface area contributed by atoms with Crippen molar-refractivity contribution in [2.24, 2.45) is 0 Å². The van der Waals surface area contributed by atoms with Crippen LogP contribution in [0.25, 0.3) is 0 Å². The maximum Gasteiger partial charge on any atom is 0.123 e. The second kappa shape index (κ2) is 6.52. The van der Waals surface area contributed by atoms with Crippen LogP contribution in [0, 0.1) is 22.7 Å². The average Bonchev–Trinajstić information content (AvgIpc) is 2.38. The third-order valence-corrected chi connectivity index (χ3v) is 2.54. The van der Waals surface area contributed by atoms with Crippen molar-refractivity contribution < 1.29 is 4.74 Å². The fourth-order valence-electron chi connectivity index (χ4n) is 1.59. The molecular formula is C13H15N3O. The van der Waals surface area contributed by atoms with Crippen molar-refractivity contribution in [2.75, 3.05) is 20.2 Å². The summed E-state index contributed by atoms with van der Waals surface area (Å²) in [5.41, 5.74) is 1.54. The van der Waals surface area contributed by atoms with E-state index in [0.717, 1.165) is 17.9 Å². The van der Waals surface area contributed by atoms with E-state index in [1.807, 2.05) is 11.8 Å². The fraction of sp³-hybridized carbons (Fsp3) is 0.385. The lowest BCUT2D eigenvalue weighted by atomic mass is 10.1. The van der Waals surface area contributed by atoms with Crippen LogP contribution in [-0.4, -0.2) is 25.1 Å². The molecule has 0 atom stereocenters. The number of hydrogen-bond acceptors (Lipinski definition) is 4. The Balaban J connectivity index is 2.95. The van der Waals surface area contributed by atoms with Crippen molar-refractivity contribution in [2.45, 2.75) is 13.5 Å². The molecule has 0 saturated heterocycles. The van der Waals surface area contributed by atoms with Crippen LogP contribution in [0.2, 0.25) is 0 Å². The zero-order chi connectivity index (χ0) is 12.7. The lowest BCUT2D eigenvalue weighted by molar-refractivity contribution is 0.306. The van der Waals surface area contributed by atoms with Crippen molar-refractivity contribution in [1.82, 2.24) is 4.90 Å². The van der Waals surface area contributed by atoms with Gasteiger partial charge in [0.1, 0.15) is 5.75 Å². The van der Waals surface area contributed by atoms with Crippen molar-refractivity contribution in [3.63, 3.8) is 0 Å². The highest BCUT2D eigenvalue weighted by Gasteiger charge is 2.09. The Bertz CT molecular complexity index is 457. The monoisotopic (exact) mass is 229 g/mol. The van der Waals surface area contributed by atoms with E-state index >= 15 is 0 Å². The Morgan fingerprint density at radius 3 is 2.65 bits per heavy atom. The van der Waals surface area contributed by atoms with Crippen molar-refractivity contribution in [3.8, 4) is 17.9 Å². The molecule has 0 bridgehead atoms. The van der Waals surface area contributed by atoms with Crippen molar-refractivity contribution in [1.29, 1.82) is 10.5 Å². The van der Waals surface area contributed by atoms with E-state index in [-0.39, 0.29) is 0 Å². The van der Waals surface area contributed by atoms with E-state index in [1.165, 1.54) is 0 Å². The Kier molecular flexibility index (Phi) is 5.00. The lowest BCUT2D eigenvalue weighted by Gasteiger charge is -2.18. The summed E-state index contributed by atoms with van der Waals surface area (Å²) in [6.07, 6.45) is 0. The minimum absolute atomic E-state index is 0.371. The highest BCUT2D eigenvalue weighted by molar-refractivity contribution is 5.42. The minimum atomic E-state index is 0.371. The van der Waals surface area contributed by atoms with Crippen molar-refractivity contribution >= 4 is 0 Å². The summed E-state index contributed by atoms with van der Waals surface area (Å²) in [7, 11) is 1.60. The molecule has 0 heterocycles. The molecule has 4 heteroatoms. The van der Waals surface area contributed by atoms with E-state index in [0.29, 0.717) is 18.7 Å². The topological polar surface area (TPSA) is 60.0 Å². The molecule has 0 aromatic heterocycles. The summed E-state index contributed by atoms with van der Waals surface area (Å²) in [6.45, 7) is 3.77. The van der Waals surface area contributed by atoms with Crippen LogP contribution in [-0.2, 0) is 6.54 Å². The molecule has 0 amide bonds. The lowest BCUT2D eigenvalue weighted by Crippen LogP contribution is -2.23. The van der Waals surface area contributed by atoms with Crippen LogP contribution in [0.5, 0.6) is 5.75 Å². The Labute approximate surface area is 102 Å². The number of nitrogens with zero attached hydrogens (tertiary/aromatic N) is 3. The molecule has 0 spiro atoms. The van der Waals surface area contributed by atoms with Gasteiger partial charge in [0, 0.05) is 12.1 Å². The van der Waals surface area contributed by atoms with Gasteiger partial charge in [0.05, 0.1) is 31.4 Å². The van der Waals surface area contributed by atoms with Gasteiger partial charge < -0.3 is 4.74 Å². The molecule has 1 rings (SSSR count). The minimum Gasteiger partial charge on any atom is -0.496 e. The van der Waals surface area contributed by atoms with Crippen LogP contribution in [0.15, 0.2) is 18.2 Å². The van der Waals surface area contributed by atoms with Gasteiger partial charge in [-0.2, -0.15) is 10.5 Å². The smallest absolute Gasteiger partial charge is 0.123 e. The first-order valence-corrected chi connectivity index (χ1v) is 5.41. The van der Waals surface area contributed by atoms with Crippen LogP contribution in [0.4, 0.5) is 0 Å². The van der Waals surface area contributed by atoms with Gasteiger partial charge in [0.2, 0.25) is 0 Å². The maximum absolute atomic E-state index is 8.86. The van der Waals surface area contributed by atoms with E-state index in [4.69, 9.17) is 15.3 Å². The average molecular weight is 229 g/mol. The highest BCUT2D eigenvalue weighted by atomic mass is 16.5. The SMILES string of the molecule is CCN(CC#N)Cc1cc(C#N)ccc1OC. The summed E-state index contributed by atoms with van der Waals surface area (Å²) in [5.74, 6) is 0.750. The van der Waals surface area contributed by atoms with Gasteiger partial charge in [-0.3, -0.25) is 4.90 Å². The molecule has 17 heavy (non-hydrogen) atoms. The number of benzene rings is 1. The molecule has 0 saturated carbocycles. The number of hydrogen-bond donors (Lipinski definition) is 0. The molecule has 0 radical (unpaired) electrons. The first-order chi connectivity index (χ1) is 8.24. The number of nitriles is 2. The Hall–Kier alpha value is -2.04. The first-order valence-electron chi connectivity index (χ1n) is 5.41. The molecule has 0 fully saturated rings. The predicted octanol–water partition coefficient (Wildman–Crippen LogP) is 1.91. The largest absolute Gasteiger partial charge is 0.496 e. The van der Waals surface area contributed by atoms with Gasteiger partial charge in [0.15, 0.2) is 0 Å². The summed E-state index contributed by atoms with van der Waals surface area (Å²) in [4.78, 5) is 1.99. The summed E-state index contributed by atoms with van der Waals surface area (Å²) in [5, 5.41) is 17.6. The van der Waals surface area contributed by atoms with Crippen LogP contribution < -0.4 is 4.74 Å². The van der Waals surface area contributed by atoms with E-state index in [1.54, 1.807) is 25.3 Å². The number of ether oxygens (including phenoxy) is 1. The Morgan fingerprint density at radius 1 is 1.35 bits per heavy atom. The first kappa shape index (κ1) is 13.0. The van der Waals surface area contributed by atoms with Crippen LogP contribution in [0.3, 0.4) is 0 Å². The molecule has 88 valence electrons. The molecule has 1 aromatic carbocycles. The second-order valence-electron chi connectivity index (χ2n) is 3.60. The third kappa shape index (κ3) is 3.48. The predicted molar refractivity (Wildman–Crippen MR) is 64.3 cm³/mol. The normalized spacial score (nSPS) is 9.71. The molecule has 0 aliphatic rings. The Morgan fingerprint density at radius 2 is 2.12 bits per heavy atom. The molecule has 0 aliphatic heterocycles. The van der Waals surface area contributed by atoms with Gasteiger partial charge >= 0.3 is 0 Å². The standard InChI is InChI=1S/C13H15N3O/c1-3-16(7-6-14)10-12-8-11(9-15)4-5-13(12)17-2/h4-5,8H,3,7,10H2,1-2H3. The summed E-state index contributed by atoms with van der Waals surface area (Å²) >= 11 is 0. The zero-order valence-electron chi connectivity index (χ0n) is 10.1. The maximum atomic E-state index is 8.86. The van der Waals surface area contributed by atoms with E-state index in [2.05, 4.69) is 12.1 Å². The van der Waals surface area contributed by atoms with Gasteiger partial charge in [0.25, 0.3) is 0 Å². The zero-order valence-corrected chi connectivity index (χ0v) is 10.1. The van der Waals surface area contributed by atoms with Gasteiger partial charge in [-0.15, -0.1) is 0 Å².